The Bertz CT molecular complexity index is 126. The van der Waals surface area contributed by atoms with Crippen molar-refractivity contribution in [3.05, 3.63) is 0 Å². The van der Waals surface area contributed by atoms with Crippen molar-refractivity contribution in [1.82, 2.24) is 5.32 Å². The molecular weight excluding hydrogens is 170 g/mol. The highest BCUT2D eigenvalue weighted by molar-refractivity contribution is 4.95. The molecule has 1 heteroatoms. The summed E-state index contributed by atoms with van der Waals surface area (Å²) in [6.07, 6.45) is 12.6. The molecule has 0 atom stereocenters. The molecule has 14 heavy (non-hydrogen) atoms. The first kappa shape index (κ1) is 12.0. The Morgan fingerprint density at radius 3 is 2.21 bits per heavy atom. The van der Waals surface area contributed by atoms with Gasteiger partial charge in [0, 0.05) is 5.54 Å². The van der Waals surface area contributed by atoms with E-state index in [1.54, 1.807) is 0 Å². The number of hydrogen-bond acceptors (Lipinski definition) is 1. The largest absolute Gasteiger partial charge is 0.311 e. The molecule has 0 aliphatic heterocycles. The van der Waals surface area contributed by atoms with Gasteiger partial charge in [0.15, 0.2) is 0 Å². The smallest absolute Gasteiger partial charge is 0.0181 e. The van der Waals surface area contributed by atoms with Gasteiger partial charge >= 0.3 is 0 Å². The molecule has 1 nitrogen and oxygen atoms in total. The summed E-state index contributed by atoms with van der Waals surface area (Å²) in [5.74, 6) is 0. The van der Waals surface area contributed by atoms with Gasteiger partial charge in [-0.15, -0.1) is 0 Å². The van der Waals surface area contributed by atoms with Gasteiger partial charge < -0.3 is 5.32 Å². The van der Waals surface area contributed by atoms with E-state index in [1.165, 1.54) is 64.3 Å². The summed E-state index contributed by atoms with van der Waals surface area (Å²) < 4.78 is 0. The second kappa shape index (κ2) is 6.44. The van der Waals surface area contributed by atoms with Gasteiger partial charge in [-0.2, -0.15) is 0 Å². The van der Waals surface area contributed by atoms with Crippen LogP contribution in [-0.2, 0) is 0 Å². The zero-order valence-electron chi connectivity index (χ0n) is 10.1. The van der Waals surface area contributed by atoms with Crippen LogP contribution in [0.4, 0.5) is 0 Å². The molecule has 0 unspecified atom stereocenters. The van der Waals surface area contributed by atoms with Gasteiger partial charge in [-0.05, 0) is 38.6 Å². The first-order valence-corrected chi connectivity index (χ1v) is 6.58. The van der Waals surface area contributed by atoms with Crippen LogP contribution in [0.25, 0.3) is 0 Å². The lowest BCUT2D eigenvalue weighted by atomic mass is 9.73. The molecule has 0 amide bonds. The second-order valence-corrected chi connectivity index (χ2v) is 4.87. The van der Waals surface area contributed by atoms with Crippen LogP contribution in [0.5, 0.6) is 0 Å². The van der Waals surface area contributed by atoms with Crippen molar-refractivity contribution in [2.75, 3.05) is 6.54 Å². The summed E-state index contributed by atoms with van der Waals surface area (Å²) in [5.41, 5.74) is 0.574. The van der Waals surface area contributed by atoms with Gasteiger partial charge in [0.05, 0.1) is 0 Å². The quantitative estimate of drug-likeness (QED) is 0.582. The van der Waals surface area contributed by atoms with E-state index in [-0.39, 0.29) is 0 Å². The van der Waals surface area contributed by atoms with Crippen LogP contribution in [0.2, 0.25) is 0 Å². The molecule has 84 valence electrons. The standard InChI is InChI=1S/C13H27N/c1-3-5-7-9-13(10-8-11-13)14-12-6-4-2/h14H,3-12H2,1-2H3. The van der Waals surface area contributed by atoms with Crippen LogP contribution in [0, 0.1) is 0 Å². The molecule has 0 heterocycles. The normalized spacial score (nSPS) is 19.3. The molecule has 1 aliphatic carbocycles. The maximum absolute atomic E-state index is 3.79. The van der Waals surface area contributed by atoms with Crippen molar-refractivity contribution in [3.63, 3.8) is 0 Å². The molecule has 0 spiro atoms. The number of rotatable bonds is 8. The van der Waals surface area contributed by atoms with E-state index < -0.39 is 0 Å². The Hall–Kier alpha value is -0.0400. The van der Waals surface area contributed by atoms with Gasteiger partial charge in [-0.1, -0.05) is 39.5 Å². The van der Waals surface area contributed by atoms with Crippen molar-refractivity contribution < 1.29 is 0 Å². The van der Waals surface area contributed by atoms with Gasteiger partial charge in [-0.25, -0.2) is 0 Å². The Morgan fingerprint density at radius 2 is 1.71 bits per heavy atom. The summed E-state index contributed by atoms with van der Waals surface area (Å²) in [4.78, 5) is 0. The summed E-state index contributed by atoms with van der Waals surface area (Å²) in [6.45, 7) is 5.80. The monoisotopic (exact) mass is 197 g/mol. The van der Waals surface area contributed by atoms with Crippen molar-refractivity contribution >= 4 is 0 Å². The van der Waals surface area contributed by atoms with Crippen LogP contribution < -0.4 is 5.32 Å². The summed E-state index contributed by atoms with van der Waals surface area (Å²) in [5, 5.41) is 3.79. The first-order chi connectivity index (χ1) is 6.83. The fourth-order valence-electron chi connectivity index (χ4n) is 2.36. The van der Waals surface area contributed by atoms with E-state index in [9.17, 15) is 0 Å². The van der Waals surface area contributed by atoms with Crippen LogP contribution in [-0.4, -0.2) is 12.1 Å². The van der Waals surface area contributed by atoms with Crippen molar-refractivity contribution in [1.29, 1.82) is 0 Å². The predicted octanol–water partition coefficient (Wildman–Crippen LogP) is 3.88. The molecule has 0 radical (unpaired) electrons. The Labute approximate surface area is 89.7 Å². The molecule has 1 saturated carbocycles. The van der Waals surface area contributed by atoms with Crippen molar-refractivity contribution in [2.24, 2.45) is 0 Å². The molecule has 0 bridgehead atoms. The molecule has 0 aromatic carbocycles. The molecule has 0 aromatic rings. The number of unbranched alkanes of at least 4 members (excludes halogenated alkanes) is 3. The zero-order chi connectivity index (χ0) is 10.3. The minimum atomic E-state index is 0.574. The summed E-state index contributed by atoms with van der Waals surface area (Å²) >= 11 is 0. The van der Waals surface area contributed by atoms with Gasteiger partial charge in [-0.3, -0.25) is 0 Å². The van der Waals surface area contributed by atoms with E-state index in [1.807, 2.05) is 0 Å². The Kier molecular flexibility index (Phi) is 5.54. The first-order valence-electron chi connectivity index (χ1n) is 6.58. The summed E-state index contributed by atoms with van der Waals surface area (Å²) in [7, 11) is 0. The average Bonchev–Trinajstić information content (AvgIpc) is 2.13. The highest BCUT2D eigenvalue weighted by atomic mass is 15.0. The van der Waals surface area contributed by atoms with Crippen LogP contribution in [0.3, 0.4) is 0 Å². The third-order valence-corrected chi connectivity index (χ3v) is 3.60. The van der Waals surface area contributed by atoms with E-state index in [0.717, 1.165) is 0 Å². The lowest BCUT2D eigenvalue weighted by Crippen LogP contribution is -2.51. The van der Waals surface area contributed by atoms with Crippen LogP contribution in [0.1, 0.15) is 71.6 Å². The van der Waals surface area contributed by atoms with Gasteiger partial charge in [0.25, 0.3) is 0 Å². The number of nitrogens with one attached hydrogen (secondary N) is 1. The Balaban J connectivity index is 2.13. The molecule has 0 saturated heterocycles. The fourth-order valence-corrected chi connectivity index (χ4v) is 2.36. The molecular formula is C13H27N. The lowest BCUT2D eigenvalue weighted by Gasteiger charge is -2.43. The highest BCUT2D eigenvalue weighted by Crippen LogP contribution is 2.36. The molecule has 1 rings (SSSR count). The molecule has 1 fully saturated rings. The second-order valence-electron chi connectivity index (χ2n) is 4.87. The van der Waals surface area contributed by atoms with E-state index in [0.29, 0.717) is 5.54 Å². The molecule has 1 N–H and O–H groups in total. The molecule has 1 aliphatic rings. The maximum Gasteiger partial charge on any atom is 0.0181 e. The fraction of sp³-hybridized carbons (Fsp3) is 1.00. The minimum absolute atomic E-state index is 0.574. The van der Waals surface area contributed by atoms with E-state index in [2.05, 4.69) is 19.2 Å². The lowest BCUT2D eigenvalue weighted by molar-refractivity contribution is 0.165. The predicted molar refractivity (Wildman–Crippen MR) is 63.6 cm³/mol. The third-order valence-electron chi connectivity index (χ3n) is 3.60. The van der Waals surface area contributed by atoms with Gasteiger partial charge in [0.1, 0.15) is 0 Å². The van der Waals surface area contributed by atoms with E-state index >= 15 is 0 Å². The zero-order valence-corrected chi connectivity index (χ0v) is 10.1. The average molecular weight is 197 g/mol. The van der Waals surface area contributed by atoms with Crippen molar-refractivity contribution in [2.45, 2.75) is 77.2 Å². The minimum Gasteiger partial charge on any atom is -0.311 e. The number of hydrogen-bond donors (Lipinski definition) is 1. The van der Waals surface area contributed by atoms with Gasteiger partial charge in [0.2, 0.25) is 0 Å². The van der Waals surface area contributed by atoms with Crippen LogP contribution >= 0.6 is 0 Å². The Morgan fingerprint density at radius 1 is 1.00 bits per heavy atom. The SMILES string of the molecule is CCCCCC1(NCCCC)CCC1. The highest BCUT2D eigenvalue weighted by Gasteiger charge is 2.34. The summed E-state index contributed by atoms with van der Waals surface area (Å²) in [6, 6.07) is 0. The third kappa shape index (κ3) is 3.61. The topological polar surface area (TPSA) is 12.0 Å². The molecule has 0 aromatic heterocycles. The maximum atomic E-state index is 3.79. The van der Waals surface area contributed by atoms with Crippen LogP contribution in [0.15, 0.2) is 0 Å². The van der Waals surface area contributed by atoms with Crippen molar-refractivity contribution in [3.8, 4) is 0 Å². The van der Waals surface area contributed by atoms with E-state index in [4.69, 9.17) is 0 Å².